The molecule has 0 spiro atoms. The van der Waals surface area contributed by atoms with E-state index >= 15 is 0 Å². The molecule has 7 heteroatoms. The van der Waals surface area contributed by atoms with Crippen LogP contribution in [0, 0.1) is 11.3 Å². The van der Waals surface area contributed by atoms with Gasteiger partial charge in [-0.3, -0.25) is 14.5 Å². The van der Waals surface area contributed by atoms with Crippen LogP contribution in [0.25, 0.3) is 23.0 Å². The summed E-state index contributed by atoms with van der Waals surface area (Å²) < 4.78 is 1.74. The third-order valence-electron chi connectivity index (χ3n) is 6.62. The van der Waals surface area contributed by atoms with Crippen molar-refractivity contribution in [2.75, 3.05) is 0 Å². The van der Waals surface area contributed by atoms with Gasteiger partial charge >= 0.3 is 0 Å². The van der Waals surface area contributed by atoms with Crippen LogP contribution >= 0.6 is 11.6 Å². The second-order valence-corrected chi connectivity index (χ2v) is 9.39. The molecule has 6 nitrogen and oxygen atoms in total. The van der Waals surface area contributed by atoms with Crippen LogP contribution in [0.4, 0.5) is 0 Å². The molecule has 4 aromatic rings. The van der Waals surface area contributed by atoms with Gasteiger partial charge in [-0.1, -0.05) is 72.3 Å². The molecule has 38 heavy (non-hydrogen) atoms. The van der Waals surface area contributed by atoms with Gasteiger partial charge in [0.25, 0.3) is 11.8 Å². The minimum atomic E-state index is -0.596. The SMILES string of the molecule is CC1=C(C#N)C(=O)N(C(C)c2ccccc2)C(=O)/C1=C/c1cn(-c2ccccc2)nc1-c1ccc(Cl)cc1. The number of hydrogen-bond donors (Lipinski definition) is 0. The molecule has 0 saturated carbocycles. The van der Waals surface area contributed by atoms with Crippen LogP contribution in [0.15, 0.2) is 108 Å². The highest BCUT2D eigenvalue weighted by Gasteiger charge is 2.38. The molecular weight excluding hydrogens is 496 g/mol. The number of nitrogens with zero attached hydrogens (tertiary/aromatic N) is 4. The lowest BCUT2D eigenvalue weighted by molar-refractivity contribution is -0.143. The molecule has 0 radical (unpaired) electrons. The van der Waals surface area contributed by atoms with Crippen molar-refractivity contribution in [2.45, 2.75) is 19.9 Å². The van der Waals surface area contributed by atoms with Gasteiger partial charge in [0.05, 0.1) is 17.4 Å². The van der Waals surface area contributed by atoms with E-state index in [1.54, 1.807) is 36.7 Å². The molecule has 3 aromatic carbocycles. The Labute approximate surface area is 225 Å². The van der Waals surface area contributed by atoms with Crippen molar-refractivity contribution in [1.82, 2.24) is 14.7 Å². The highest BCUT2D eigenvalue weighted by molar-refractivity contribution is 6.30. The third-order valence-corrected chi connectivity index (χ3v) is 6.87. The minimum Gasteiger partial charge on any atom is -0.269 e. The summed E-state index contributed by atoms with van der Waals surface area (Å²) in [6, 6.07) is 27.7. The summed E-state index contributed by atoms with van der Waals surface area (Å²) in [4.78, 5) is 28.3. The zero-order chi connectivity index (χ0) is 26.8. The Morgan fingerprint density at radius 1 is 0.921 bits per heavy atom. The third kappa shape index (κ3) is 4.56. The van der Waals surface area contributed by atoms with Gasteiger partial charge in [0.15, 0.2) is 0 Å². The van der Waals surface area contributed by atoms with E-state index in [1.165, 1.54) is 0 Å². The maximum Gasteiger partial charge on any atom is 0.272 e. The molecule has 0 N–H and O–H groups in total. The fourth-order valence-corrected chi connectivity index (χ4v) is 4.65. The molecule has 0 bridgehead atoms. The van der Waals surface area contributed by atoms with E-state index in [2.05, 4.69) is 0 Å². The van der Waals surface area contributed by atoms with Crippen LogP contribution < -0.4 is 0 Å². The first kappa shape index (κ1) is 24.9. The Kier molecular flexibility index (Phi) is 6.78. The summed E-state index contributed by atoms with van der Waals surface area (Å²) in [5, 5.41) is 15.3. The highest BCUT2D eigenvalue weighted by Crippen LogP contribution is 2.34. The number of halogens is 1. The van der Waals surface area contributed by atoms with E-state index in [1.807, 2.05) is 85.1 Å². The summed E-state index contributed by atoms with van der Waals surface area (Å²) in [6.45, 7) is 3.42. The predicted molar refractivity (Wildman–Crippen MR) is 147 cm³/mol. The zero-order valence-electron chi connectivity index (χ0n) is 20.8. The van der Waals surface area contributed by atoms with Gasteiger partial charge in [-0.25, -0.2) is 4.68 Å². The number of nitriles is 1. The summed E-state index contributed by atoms with van der Waals surface area (Å²) in [6.07, 6.45) is 3.54. The van der Waals surface area contributed by atoms with Crippen molar-refractivity contribution >= 4 is 29.5 Å². The van der Waals surface area contributed by atoms with Gasteiger partial charge in [0.2, 0.25) is 0 Å². The van der Waals surface area contributed by atoms with Gasteiger partial charge in [-0.2, -0.15) is 10.4 Å². The van der Waals surface area contributed by atoms with Crippen LogP contribution in [0.1, 0.15) is 31.0 Å². The van der Waals surface area contributed by atoms with Crippen molar-refractivity contribution in [3.05, 3.63) is 124 Å². The molecule has 1 aromatic heterocycles. The van der Waals surface area contributed by atoms with Crippen LogP contribution in [0.5, 0.6) is 0 Å². The number of amides is 2. The molecule has 0 saturated heterocycles. The molecule has 186 valence electrons. The lowest BCUT2D eigenvalue weighted by atomic mass is 9.91. The molecule has 0 fully saturated rings. The number of hydrogen-bond acceptors (Lipinski definition) is 4. The summed E-state index contributed by atoms with van der Waals surface area (Å²) >= 11 is 6.12. The molecule has 2 heterocycles. The average molecular weight is 519 g/mol. The Bertz CT molecular complexity index is 1630. The quantitative estimate of drug-likeness (QED) is 0.222. The fourth-order valence-electron chi connectivity index (χ4n) is 4.53. The molecular formula is C31H23ClN4O2. The first-order chi connectivity index (χ1) is 18.4. The van der Waals surface area contributed by atoms with E-state index in [0.29, 0.717) is 21.9 Å². The normalized spacial score (nSPS) is 15.6. The van der Waals surface area contributed by atoms with Gasteiger partial charge in [0.1, 0.15) is 11.6 Å². The van der Waals surface area contributed by atoms with Crippen LogP contribution in [0.2, 0.25) is 5.02 Å². The molecule has 0 aliphatic carbocycles. The Balaban J connectivity index is 1.67. The number of carbonyl (C=O) groups excluding carboxylic acids is 2. The number of imide groups is 1. The number of benzene rings is 3. The van der Waals surface area contributed by atoms with Crippen molar-refractivity contribution in [3.8, 4) is 23.0 Å². The fraction of sp³-hybridized carbons (Fsp3) is 0.0968. The second-order valence-electron chi connectivity index (χ2n) is 8.96. The van der Waals surface area contributed by atoms with E-state index in [4.69, 9.17) is 16.7 Å². The Hall–Kier alpha value is -4.73. The monoisotopic (exact) mass is 518 g/mol. The standard InChI is InChI=1S/C31H23ClN4O2/c1-20-27(30(37)36(31(38)28(20)18-33)21(2)22-9-5-3-6-10-22)17-24-19-35(26-11-7-4-8-12-26)34-29(24)23-13-15-25(32)16-14-23/h3-17,19,21H,1-2H3/b27-17+. The minimum absolute atomic E-state index is 0.0536. The number of aromatic nitrogens is 2. The number of carbonyl (C=O) groups is 2. The average Bonchev–Trinajstić information content (AvgIpc) is 3.36. The summed E-state index contributed by atoms with van der Waals surface area (Å²) in [7, 11) is 0. The molecule has 1 atom stereocenters. The van der Waals surface area contributed by atoms with Crippen molar-refractivity contribution in [2.24, 2.45) is 0 Å². The van der Waals surface area contributed by atoms with Gasteiger partial charge < -0.3 is 0 Å². The van der Waals surface area contributed by atoms with Gasteiger partial charge in [0, 0.05) is 27.9 Å². The van der Waals surface area contributed by atoms with Crippen molar-refractivity contribution in [3.63, 3.8) is 0 Å². The highest BCUT2D eigenvalue weighted by atomic mass is 35.5. The van der Waals surface area contributed by atoms with Crippen LogP contribution in [0.3, 0.4) is 0 Å². The van der Waals surface area contributed by atoms with Crippen molar-refractivity contribution < 1.29 is 9.59 Å². The molecule has 1 aliphatic rings. The van der Waals surface area contributed by atoms with E-state index < -0.39 is 17.9 Å². The lowest BCUT2D eigenvalue weighted by Crippen LogP contribution is -2.44. The lowest BCUT2D eigenvalue weighted by Gasteiger charge is -2.32. The van der Waals surface area contributed by atoms with Crippen LogP contribution in [-0.4, -0.2) is 26.5 Å². The van der Waals surface area contributed by atoms with Gasteiger partial charge in [-0.15, -0.1) is 0 Å². The smallest absolute Gasteiger partial charge is 0.269 e. The largest absolute Gasteiger partial charge is 0.272 e. The first-order valence-electron chi connectivity index (χ1n) is 12.1. The van der Waals surface area contributed by atoms with E-state index in [0.717, 1.165) is 21.7 Å². The van der Waals surface area contributed by atoms with E-state index in [9.17, 15) is 14.9 Å². The maximum absolute atomic E-state index is 13.8. The van der Waals surface area contributed by atoms with E-state index in [-0.39, 0.29) is 11.1 Å². The molecule has 2 amide bonds. The Morgan fingerprint density at radius 3 is 2.18 bits per heavy atom. The maximum atomic E-state index is 13.8. The van der Waals surface area contributed by atoms with Crippen molar-refractivity contribution in [1.29, 1.82) is 5.26 Å². The van der Waals surface area contributed by atoms with Gasteiger partial charge in [-0.05, 0) is 55.3 Å². The zero-order valence-corrected chi connectivity index (χ0v) is 21.6. The predicted octanol–water partition coefficient (Wildman–Crippen LogP) is 6.55. The van der Waals surface area contributed by atoms with Crippen LogP contribution in [-0.2, 0) is 9.59 Å². The topological polar surface area (TPSA) is 79.0 Å². The Morgan fingerprint density at radius 2 is 1.55 bits per heavy atom. The molecule has 1 aliphatic heterocycles. The summed E-state index contributed by atoms with van der Waals surface area (Å²) in [5.41, 5.74) is 4.31. The number of para-hydroxylation sites is 1. The first-order valence-corrected chi connectivity index (χ1v) is 12.4. The number of rotatable bonds is 5. The molecule has 1 unspecified atom stereocenters. The summed E-state index contributed by atoms with van der Waals surface area (Å²) in [5.74, 6) is -1.06. The second kappa shape index (κ2) is 10.3. The molecule has 5 rings (SSSR count).